The average Bonchev–Trinajstić information content (AvgIpc) is 3.56. The van der Waals surface area contributed by atoms with Crippen molar-refractivity contribution < 1.29 is 0 Å². The standard InChI is InChI=1S/C39H26N5PS/c1-3-13-29(14-4-1)45(30-15-5-2-6-16-30)32-18-9-11-27-20-22-36(41-37(27)32)44-31-17-7-8-19-33(31)46-34-21-23-35(42-39(34)44)43-26-24-28-12-10-25-40-38(28)43/h1-26H. The molecule has 4 aromatic carbocycles. The van der Waals surface area contributed by atoms with Crippen molar-refractivity contribution >= 4 is 74.9 Å². The smallest absolute Gasteiger partial charge is 0.155 e. The first-order chi connectivity index (χ1) is 22.8. The number of benzene rings is 4. The van der Waals surface area contributed by atoms with Crippen molar-refractivity contribution in [1.82, 2.24) is 19.5 Å². The highest BCUT2D eigenvalue weighted by molar-refractivity contribution is 7.99. The molecule has 1 aliphatic rings. The summed E-state index contributed by atoms with van der Waals surface area (Å²) in [6, 6.07) is 51.4. The molecular weight excluding hydrogens is 602 g/mol. The van der Waals surface area contributed by atoms with E-state index in [2.05, 4.69) is 154 Å². The van der Waals surface area contributed by atoms with E-state index in [4.69, 9.17) is 9.97 Å². The van der Waals surface area contributed by atoms with Gasteiger partial charge in [0.25, 0.3) is 0 Å². The molecule has 0 saturated heterocycles. The van der Waals surface area contributed by atoms with E-state index in [-0.39, 0.29) is 0 Å². The Labute approximate surface area is 272 Å². The molecule has 8 aromatic rings. The summed E-state index contributed by atoms with van der Waals surface area (Å²) in [5, 5.41) is 6.03. The van der Waals surface area contributed by atoms with Gasteiger partial charge in [-0.3, -0.25) is 9.47 Å². The molecule has 5 nitrogen and oxygen atoms in total. The third-order valence-electron chi connectivity index (χ3n) is 8.24. The zero-order chi connectivity index (χ0) is 30.5. The molecule has 4 aromatic heterocycles. The van der Waals surface area contributed by atoms with Crippen LogP contribution in [0.4, 0.5) is 17.3 Å². The van der Waals surface area contributed by atoms with E-state index < -0.39 is 7.92 Å². The van der Waals surface area contributed by atoms with Crippen LogP contribution >= 0.6 is 19.7 Å². The van der Waals surface area contributed by atoms with Gasteiger partial charge in [0, 0.05) is 33.4 Å². The summed E-state index contributed by atoms with van der Waals surface area (Å²) >= 11 is 1.74. The van der Waals surface area contributed by atoms with Gasteiger partial charge in [0.15, 0.2) is 5.82 Å². The Morgan fingerprint density at radius 1 is 0.543 bits per heavy atom. The van der Waals surface area contributed by atoms with Crippen molar-refractivity contribution in [2.45, 2.75) is 9.79 Å². The second kappa shape index (κ2) is 11.3. The first kappa shape index (κ1) is 27.1. The van der Waals surface area contributed by atoms with Crippen LogP contribution in [0.1, 0.15) is 0 Å². The molecule has 1 aliphatic heterocycles. The van der Waals surface area contributed by atoms with Crippen LogP contribution in [-0.4, -0.2) is 19.5 Å². The van der Waals surface area contributed by atoms with Gasteiger partial charge < -0.3 is 0 Å². The minimum absolute atomic E-state index is 0.815. The normalized spacial score (nSPS) is 12.4. The van der Waals surface area contributed by atoms with Crippen molar-refractivity contribution in [3.8, 4) is 5.82 Å². The van der Waals surface area contributed by atoms with Crippen LogP contribution in [0, 0.1) is 0 Å². The third-order valence-corrected chi connectivity index (χ3v) is 11.8. The molecule has 5 heterocycles. The molecule has 0 atom stereocenters. The number of hydrogen-bond acceptors (Lipinski definition) is 5. The summed E-state index contributed by atoms with van der Waals surface area (Å²) in [4.78, 5) is 19.9. The Bertz CT molecular complexity index is 2340. The highest BCUT2D eigenvalue weighted by Crippen LogP contribution is 2.50. The average molecular weight is 628 g/mol. The maximum absolute atomic E-state index is 5.48. The lowest BCUT2D eigenvalue weighted by molar-refractivity contribution is 0.981. The largest absolute Gasteiger partial charge is 0.285 e. The summed E-state index contributed by atoms with van der Waals surface area (Å²) in [5.74, 6) is 2.51. The van der Waals surface area contributed by atoms with Crippen molar-refractivity contribution in [1.29, 1.82) is 0 Å². The number of para-hydroxylation sites is 2. The van der Waals surface area contributed by atoms with E-state index in [1.807, 2.05) is 18.5 Å². The number of fused-ring (bicyclic) bond motifs is 4. The molecule has 0 bridgehead atoms. The Kier molecular flexibility index (Phi) is 6.62. The predicted molar refractivity (Wildman–Crippen MR) is 192 cm³/mol. The van der Waals surface area contributed by atoms with Gasteiger partial charge in [-0.25, -0.2) is 15.0 Å². The Balaban J connectivity index is 1.25. The molecule has 0 radical (unpaired) electrons. The number of pyridine rings is 3. The van der Waals surface area contributed by atoms with Gasteiger partial charge in [0.1, 0.15) is 17.3 Å². The molecule has 218 valence electrons. The fourth-order valence-corrected chi connectivity index (χ4v) is 9.58. The van der Waals surface area contributed by atoms with Crippen LogP contribution in [0.2, 0.25) is 0 Å². The highest BCUT2D eigenvalue weighted by atomic mass is 32.2. The molecule has 0 N–H and O–H groups in total. The Morgan fingerprint density at radius 3 is 2.11 bits per heavy atom. The SMILES string of the molecule is c1ccc(P(c2ccccc2)c2cccc3ccc(N4c5ccccc5Sc5ccc(-n6ccc7cccnc76)nc54)nc23)cc1. The van der Waals surface area contributed by atoms with Crippen LogP contribution in [0.15, 0.2) is 168 Å². The fraction of sp³-hybridized carbons (Fsp3) is 0. The quantitative estimate of drug-likeness (QED) is 0.179. The van der Waals surface area contributed by atoms with Gasteiger partial charge in [-0.15, -0.1) is 0 Å². The predicted octanol–water partition coefficient (Wildman–Crippen LogP) is 8.66. The van der Waals surface area contributed by atoms with Crippen LogP contribution in [0.25, 0.3) is 27.8 Å². The molecule has 0 fully saturated rings. The first-order valence-corrected chi connectivity index (χ1v) is 17.3. The fourth-order valence-electron chi connectivity index (χ4n) is 6.15. The van der Waals surface area contributed by atoms with E-state index in [0.717, 1.165) is 50.0 Å². The van der Waals surface area contributed by atoms with Gasteiger partial charge in [0.05, 0.1) is 16.1 Å². The van der Waals surface area contributed by atoms with Gasteiger partial charge in [-0.2, -0.15) is 0 Å². The van der Waals surface area contributed by atoms with Crippen LogP contribution < -0.4 is 20.8 Å². The molecule has 0 unspecified atom stereocenters. The monoisotopic (exact) mass is 627 g/mol. The van der Waals surface area contributed by atoms with Gasteiger partial charge in [-0.05, 0) is 73.1 Å². The number of rotatable bonds is 5. The maximum Gasteiger partial charge on any atom is 0.155 e. The maximum atomic E-state index is 5.48. The number of aromatic nitrogens is 4. The van der Waals surface area contributed by atoms with E-state index in [1.165, 1.54) is 20.8 Å². The second-order valence-electron chi connectivity index (χ2n) is 11.0. The topological polar surface area (TPSA) is 46.8 Å². The Hall–Kier alpha value is -5.29. The van der Waals surface area contributed by atoms with Crippen molar-refractivity contribution in [2.24, 2.45) is 0 Å². The summed E-state index contributed by atoms with van der Waals surface area (Å²) in [5.41, 5.74) is 2.96. The lowest BCUT2D eigenvalue weighted by Crippen LogP contribution is -2.22. The van der Waals surface area contributed by atoms with Gasteiger partial charge in [0.2, 0.25) is 0 Å². The lowest BCUT2D eigenvalue weighted by atomic mass is 10.2. The minimum atomic E-state index is -0.839. The summed E-state index contributed by atoms with van der Waals surface area (Å²) in [6.45, 7) is 0. The van der Waals surface area contributed by atoms with Crippen molar-refractivity contribution in [2.75, 3.05) is 4.90 Å². The molecule has 0 saturated carbocycles. The molecule has 9 rings (SSSR count). The van der Waals surface area contributed by atoms with Crippen molar-refractivity contribution in [3.05, 3.63) is 158 Å². The van der Waals surface area contributed by atoms with Gasteiger partial charge >= 0.3 is 0 Å². The van der Waals surface area contributed by atoms with Crippen molar-refractivity contribution in [3.63, 3.8) is 0 Å². The van der Waals surface area contributed by atoms with Crippen LogP contribution in [0.3, 0.4) is 0 Å². The summed E-state index contributed by atoms with van der Waals surface area (Å²) in [7, 11) is -0.839. The molecular formula is C39H26N5PS. The van der Waals surface area contributed by atoms with E-state index in [9.17, 15) is 0 Å². The highest BCUT2D eigenvalue weighted by Gasteiger charge is 2.28. The lowest BCUT2D eigenvalue weighted by Gasteiger charge is -2.31. The Morgan fingerprint density at radius 2 is 1.28 bits per heavy atom. The van der Waals surface area contributed by atoms with E-state index in [1.54, 1.807) is 11.8 Å². The number of anilines is 3. The number of nitrogens with zero attached hydrogens (tertiary/aromatic N) is 5. The van der Waals surface area contributed by atoms with E-state index in [0.29, 0.717) is 0 Å². The molecule has 46 heavy (non-hydrogen) atoms. The molecule has 0 aliphatic carbocycles. The summed E-state index contributed by atoms with van der Waals surface area (Å²) in [6.07, 6.45) is 3.86. The van der Waals surface area contributed by atoms with Crippen LogP contribution in [0.5, 0.6) is 0 Å². The zero-order valence-electron chi connectivity index (χ0n) is 24.6. The zero-order valence-corrected chi connectivity index (χ0v) is 26.3. The minimum Gasteiger partial charge on any atom is -0.285 e. The summed E-state index contributed by atoms with van der Waals surface area (Å²) < 4.78 is 2.05. The van der Waals surface area contributed by atoms with E-state index >= 15 is 0 Å². The number of hydrogen-bond donors (Lipinski definition) is 0. The first-order valence-electron chi connectivity index (χ1n) is 15.1. The van der Waals surface area contributed by atoms with Crippen LogP contribution in [-0.2, 0) is 0 Å². The third kappa shape index (κ3) is 4.57. The second-order valence-corrected chi connectivity index (χ2v) is 14.3. The molecule has 0 amide bonds. The molecule has 0 spiro atoms. The van der Waals surface area contributed by atoms with Gasteiger partial charge in [-0.1, -0.05) is 103 Å². The molecule has 7 heteroatoms.